The van der Waals surface area contributed by atoms with Gasteiger partial charge in [0, 0.05) is 37.9 Å². The smallest absolute Gasteiger partial charge is 0.405 e. The molecule has 0 saturated carbocycles. The third-order valence-electron chi connectivity index (χ3n) is 4.69. The van der Waals surface area contributed by atoms with E-state index in [9.17, 15) is 18.4 Å². The third kappa shape index (κ3) is 4.76. The monoisotopic (exact) mass is 389 g/mol. The molecule has 1 saturated heterocycles. The fourth-order valence-electron chi connectivity index (χ4n) is 3.22. The normalized spacial score (nSPS) is 15.2. The summed E-state index contributed by atoms with van der Waals surface area (Å²) < 4.78 is 31.6. The van der Waals surface area contributed by atoms with Crippen LogP contribution in [0.15, 0.2) is 48.5 Å². The zero-order valence-electron chi connectivity index (χ0n) is 15.2. The SMILES string of the molecule is NC(=O)OC(CC(=O)N1CCN(c2ccc(F)c(F)c2)CC1)c1ccccc1. The molecule has 6 nitrogen and oxygen atoms in total. The van der Waals surface area contributed by atoms with Crippen molar-refractivity contribution in [3.63, 3.8) is 0 Å². The Morgan fingerprint density at radius 3 is 2.29 bits per heavy atom. The molecule has 8 heteroatoms. The van der Waals surface area contributed by atoms with Gasteiger partial charge in [-0.1, -0.05) is 30.3 Å². The molecule has 1 atom stereocenters. The number of hydrogen-bond acceptors (Lipinski definition) is 4. The second-order valence-corrected chi connectivity index (χ2v) is 6.51. The van der Waals surface area contributed by atoms with E-state index in [-0.39, 0.29) is 12.3 Å². The van der Waals surface area contributed by atoms with Crippen LogP contribution in [0.3, 0.4) is 0 Å². The minimum absolute atomic E-state index is 0.0157. The van der Waals surface area contributed by atoms with E-state index in [1.165, 1.54) is 6.07 Å². The molecule has 0 radical (unpaired) electrons. The summed E-state index contributed by atoms with van der Waals surface area (Å²) in [6.45, 7) is 1.83. The zero-order valence-corrected chi connectivity index (χ0v) is 15.2. The molecule has 1 heterocycles. The van der Waals surface area contributed by atoms with Crippen LogP contribution in [0.5, 0.6) is 0 Å². The molecule has 0 spiro atoms. The van der Waals surface area contributed by atoms with Gasteiger partial charge in [-0.05, 0) is 17.7 Å². The lowest BCUT2D eigenvalue weighted by Crippen LogP contribution is -2.49. The predicted molar refractivity (Wildman–Crippen MR) is 99.6 cm³/mol. The Morgan fingerprint density at radius 2 is 1.68 bits per heavy atom. The highest BCUT2D eigenvalue weighted by Gasteiger charge is 2.26. The summed E-state index contributed by atoms with van der Waals surface area (Å²) in [6, 6.07) is 12.7. The molecule has 3 rings (SSSR count). The number of carbonyl (C=O) groups excluding carboxylic acids is 2. The lowest BCUT2D eigenvalue weighted by molar-refractivity contribution is -0.133. The summed E-state index contributed by atoms with van der Waals surface area (Å²) >= 11 is 0. The van der Waals surface area contributed by atoms with E-state index in [0.717, 1.165) is 12.1 Å². The molecule has 1 fully saturated rings. The van der Waals surface area contributed by atoms with Crippen molar-refractivity contribution in [2.45, 2.75) is 12.5 Å². The van der Waals surface area contributed by atoms with E-state index in [0.29, 0.717) is 37.4 Å². The van der Waals surface area contributed by atoms with E-state index < -0.39 is 23.8 Å². The maximum Gasteiger partial charge on any atom is 0.405 e. The van der Waals surface area contributed by atoms with Gasteiger partial charge in [0.2, 0.25) is 5.91 Å². The van der Waals surface area contributed by atoms with E-state index in [2.05, 4.69) is 0 Å². The highest BCUT2D eigenvalue weighted by Crippen LogP contribution is 2.24. The second kappa shape index (κ2) is 8.69. The Hall–Kier alpha value is -3.16. The molecule has 2 N–H and O–H groups in total. The van der Waals surface area contributed by atoms with Crippen molar-refractivity contribution in [1.82, 2.24) is 4.90 Å². The molecule has 28 heavy (non-hydrogen) atoms. The molecule has 0 aromatic heterocycles. The number of benzene rings is 2. The van der Waals surface area contributed by atoms with Crippen LogP contribution in [0.1, 0.15) is 18.1 Å². The van der Waals surface area contributed by atoms with E-state index in [1.54, 1.807) is 29.2 Å². The molecule has 148 valence electrons. The lowest BCUT2D eigenvalue weighted by atomic mass is 10.1. The third-order valence-corrected chi connectivity index (χ3v) is 4.69. The minimum atomic E-state index is -0.940. The fourth-order valence-corrected chi connectivity index (χ4v) is 3.22. The Bertz CT molecular complexity index is 840. The van der Waals surface area contributed by atoms with Crippen LogP contribution in [-0.4, -0.2) is 43.1 Å². The number of ether oxygens (including phenoxy) is 1. The van der Waals surface area contributed by atoms with Gasteiger partial charge in [0.15, 0.2) is 11.6 Å². The van der Waals surface area contributed by atoms with Gasteiger partial charge in [-0.15, -0.1) is 0 Å². The van der Waals surface area contributed by atoms with Gasteiger partial charge in [0.05, 0.1) is 6.42 Å². The van der Waals surface area contributed by atoms with Crippen LogP contribution < -0.4 is 10.6 Å². The summed E-state index contributed by atoms with van der Waals surface area (Å²) in [5.41, 5.74) is 6.40. The van der Waals surface area contributed by atoms with Crippen LogP contribution in [0.4, 0.5) is 19.3 Å². The quantitative estimate of drug-likeness (QED) is 0.853. The topological polar surface area (TPSA) is 75.9 Å². The molecular weight excluding hydrogens is 368 g/mol. The molecule has 2 amide bonds. The summed E-state index contributed by atoms with van der Waals surface area (Å²) in [4.78, 5) is 27.4. The van der Waals surface area contributed by atoms with Crippen LogP contribution in [0.25, 0.3) is 0 Å². The van der Waals surface area contributed by atoms with Gasteiger partial charge in [0.25, 0.3) is 0 Å². The van der Waals surface area contributed by atoms with E-state index in [1.807, 2.05) is 11.0 Å². The van der Waals surface area contributed by atoms with Gasteiger partial charge < -0.3 is 20.3 Å². The van der Waals surface area contributed by atoms with Crippen molar-refractivity contribution in [3.05, 3.63) is 65.7 Å². The van der Waals surface area contributed by atoms with Gasteiger partial charge in [-0.2, -0.15) is 0 Å². The van der Waals surface area contributed by atoms with Crippen LogP contribution >= 0.6 is 0 Å². The Labute approximate surface area is 161 Å². The van der Waals surface area contributed by atoms with Crippen molar-refractivity contribution in [1.29, 1.82) is 0 Å². The maximum absolute atomic E-state index is 13.4. The van der Waals surface area contributed by atoms with Crippen LogP contribution in [0, 0.1) is 11.6 Å². The van der Waals surface area contributed by atoms with E-state index in [4.69, 9.17) is 10.5 Å². The summed E-state index contributed by atoms with van der Waals surface area (Å²) in [7, 11) is 0. The van der Waals surface area contributed by atoms with E-state index >= 15 is 0 Å². The number of anilines is 1. The van der Waals surface area contributed by atoms with Crippen molar-refractivity contribution in [2.75, 3.05) is 31.1 Å². The lowest BCUT2D eigenvalue weighted by Gasteiger charge is -2.36. The highest BCUT2D eigenvalue weighted by molar-refractivity contribution is 5.78. The summed E-state index contributed by atoms with van der Waals surface area (Å²) in [5.74, 6) is -1.95. The highest BCUT2D eigenvalue weighted by atomic mass is 19.2. The number of piperazine rings is 1. The van der Waals surface area contributed by atoms with Crippen LogP contribution in [0.2, 0.25) is 0 Å². The number of nitrogens with zero attached hydrogens (tertiary/aromatic N) is 2. The molecule has 1 aliphatic rings. The number of rotatable bonds is 5. The maximum atomic E-state index is 13.4. The number of amides is 2. The largest absolute Gasteiger partial charge is 0.441 e. The first-order chi connectivity index (χ1) is 13.4. The van der Waals surface area contributed by atoms with Crippen molar-refractivity contribution in [2.24, 2.45) is 5.73 Å². The van der Waals surface area contributed by atoms with Gasteiger partial charge >= 0.3 is 6.09 Å². The first-order valence-corrected chi connectivity index (χ1v) is 8.93. The zero-order chi connectivity index (χ0) is 20.1. The molecule has 1 unspecified atom stereocenters. The Balaban J connectivity index is 1.60. The predicted octanol–water partition coefficient (Wildman–Crippen LogP) is 2.84. The van der Waals surface area contributed by atoms with Gasteiger partial charge in [0.1, 0.15) is 6.10 Å². The first kappa shape index (κ1) is 19.6. The van der Waals surface area contributed by atoms with Crippen molar-refractivity contribution < 1.29 is 23.1 Å². The summed E-state index contributed by atoms with van der Waals surface area (Å²) in [6.07, 6.45) is -1.71. The minimum Gasteiger partial charge on any atom is -0.441 e. The molecule has 0 bridgehead atoms. The Kier molecular flexibility index (Phi) is 6.08. The van der Waals surface area contributed by atoms with Crippen LogP contribution in [-0.2, 0) is 9.53 Å². The molecule has 2 aromatic carbocycles. The second-order valence-electron chi connectivity index (χ2n) is 6.51. The average Bonchev–Trinajstić information content (AvgIpc) is 2.70. The summed E-state index contributed by atoms with van der Waals surface area (Å²) in [5, 5.41) is 0. The number of hydrogen-bond donors (Lipinski definition) is 1. The van der Waals surface area contributed by atoms with Crippen molar-refractivity contribution in [3.8, 4) is 0 Å². The average molecular weight is 389 g/mol. The molecule has 1 aliphatic heterocycles. The van der Waals surface area contributed by atoms with Gasteiger partial charge in [-0.25, -0.2) is 13.6 Å². The molecule has 0 aliphatic carbocycles. The fraction of sp³-hybridized carbons (Fsp3) is 0.300. The number of halogens is 2. The number of nitrogens with two attached hydrogens (primary N) is 1. The number of carbonyl (C=O) groups is 2. The molecular formula is C20H21F2N3O3. The van der Waals surface area contributed by atoms with Gasteiger partial charge in [-0.3, -0.25) is 4.79 Å². The van der Waals surface area contributed by atoms with Crippen molar-refractivity contribution >= 4 is 17.7 Å². The first-order valence-electron chi connectivity index (χ1n) is 8.93. The Morgan fingerprint density at radius 1 is 1.00 bits per heavy atom. The standard InChI is InChI=1S/C20H21F2N3O3/c21-16-7-6-15(12-17(16)22)24-8-10-25(11-9-24)19(26)13-18(28-20(23)27)14-4-2-1-3-5-14/h1-7,12,18H,8-11,13H2,(H2,23,27). The number of primary amides is 1. The molecule has 2 aromatic rings.